The average Bonchev–Trinajstić information content (AvgIpc) is 3.11. The molecular weight excluding hydrogens is 360 g/mol. The van der Waals surface area contributed by atoms with Gasteiger partial charge in [-0.15, -0.1) is 5.10 Å². The standard InChI is InChI=1S/C20H22N4O2S/c1-13(2)19-22-20(24-23-19)27-12-18(25)21-15-7-9-16(10-8-15)26-17-6-4-5-14(3)11-17/h4-11,13H,12H2,1-3H3,(H,21,25)(H,22,23,24). The fourth-order valence-electron chi connectivity index (χ4n) is 2.33. The molecule has 7 heteroatoms. The summed E-state index contributed by atoms with van der Waals surface area (Å²) in [6, 6.07) is 15.1. The quantitative estimate of drug-likeness (QED) is 0.576. The highest BCUT2D eigenvalue weighted by atomic mass is 32.2. The summed E-state index contributed by atoms with van der Waals surface area (Å²) >= 11 is 1.30. The summed E-state index contributed by atoms with van der Waals surface area (Å²) in [5.41, 5.74) is 1.86. The van der Waals surface area contributed by atoms with Crippen LogP contribution in [0.25, 0.3) is 0 Å². The third kappa shape index (κ3) is 5.59. The zero-order chi connectivity index (χ0) is 19.2. The van der Waals surface area contributed by atoms with E-state index in [9.17, 15) is 4.79 Å². The van der Waals surface area contributed by atoms with Crippen molar-refractivity contribution in [3.05, 3.63) is 59.9 Å². The Hall–Kier alpha value is -2.80. The lowest BCUT2D eigenvalue weighted by atomic mass is 10.2. The Bertz CT molecular complexity index is 906. The number of aromatic nitrogens is 3. The lowest BCUT2D eigenvalue weighted by Gasteiger charge is -2.08. The van der Waals surface area contributed by atoms with Crippen molar-refractivity contribution >= 4 is 23.4 Å². The fourth-order valence-corrected chi connectivity index (χ4v) is 2.93. The van der Waals surface area contributed by atoms with Crippen LogP contribution in [0.5, 0.6) is 11.5 Å². The van der Waals surface area contributed by atoms with E-state index in [0.29, 0.717) is 5.16 Å². The SMILES string of the molecule is Cc1cccc(Oc2ccc(NC(=O)CSc3n[nH]c(C(C)C)n3)cc2)c1. The summed E-state index contributed by atoms with van der Waals surface area (Å²) in [6.45, 7) is 6.09. The van der Waals surface area contributed by atoms with E-state index >= 15 is 0 Å². The van der Waals surface area contributed by atoms with Crippen molar-refractivity contribution in [3.63, 3.8) is 0 Å². The minimum Gasteiger partial charge on any atom is -0.457 e. The van der Waals surface area contributed by atoms with E-state index in [1.165, 1.54) is 11.8 Å². The van der Waals surface area contributed by atoms with Crippen LogP contribution in [0.3, 0.4) is 0 Å². The Morgan fingerprint density at radius 2 is 1.96 bits per heavy atom. The number of rotatable bonds is 7. The van der Waals surface area contributed by atoms with Crippen molar-refractivity contribution in [2.45, 2.75) is 31.8 Å². The van der Waals surface area contributed by atoms with Gasteiger partial charge in [0.2, 0.25) is 11.1 Å². The van der Waals surface area contributed by atoms with Gasteiger partial charge in [-0.3, -0.25) is 9.89 Å². The maximum Gasteiger partial charge on any atom is 0.234 e. The first-order chi connectivity index (χ1) is 13.0. The molecule has 0 spiro atoms. The van der Waals surface area contributed by atoms with Gasteiger partial charge in [0.05, 0.1) is 5.75 Å². The van der Waals surface area contributed by atoms with Gasteiger partial charge in [0.1, 0.15) is 17.3 Å². The van der Waals surface area contributed by atoms with Gasteiger partial charge in [-0.25, -0.2) is 4.98 Å². The van der Waals surface area contributed by atoms with Crippen molar-refractivity contribution in [2.75, 3.05) is 11.1 Å². The van der Waals surface area contributed by atoms with Gasteiger partial charge in [-0.2, -0.15) is 0 Å². The monoisotopic (exact) mass is 382 g/mol. The van der Waals surface area contributed by atoms with E-state index in [1.807, 2.05) is 69.3 Å². The Morgan fingerprint density at radius 1 is 1.19 bits per heavy atom. The van der Waals surface area contributed by atoms with Gasteiger partial charge < -0.3 is 10.1 Å². The van der Waals surface area contributed by atoms with Crippen molar-refractivity contribution in [3.8, 4) is 11.5 Å². The number of amides is 1. The Labute approximate surface area is 162 Å². The van der Waals surface area contributed by atoms with E-state index in [2.05, 4.69) is 20.5 Å². The first-order valence-electron chi connectivity index (χ1n) is 8.69. The van der Waals surface area contributed by atoms with E-state index in [4.69, 9.17) is 4.74 Å². The molecule has 0 fully saturated rings. The predicted octanol–water partition coefficient (Wildman–Crippen LogP) is 4.76. The molecule has 1 aromatic heterocycles. The first kappa shape index (κ1) is 19.0. The topological polar surface area (TPSA) is 79.9 Å². The molecule has 3 aromatic rings. The number of benzene rings is 2. The summed E-state index contributed by atoms with van der Waals surface area (Å²) in [4.78, 5) is 16.5. The molecule has 0 saturated carbocycles. The lowest BCUT2D eigenvalue weighted by molar-refractivity contribution is -0.113. The van der Waals surface area contributed by atoms with E-state index in [0.717, 1.165) is 28.6 Å². The Balaban J connectivity index is 1.50. The second kappa shape index (κ2) is 8.73. The maximum atomic E-state index is 12.1. The minimum absolute atomic E-state index is 0.108. The Morgan fingerprint density at radius 3 is 2.63 bits per heavy atom. The van der Waals surface area contributed by atoms with Crippen molar-refractivity contribution in [1.29, 1.82) is 0 Å². The lowest BCUT2D eigenvalue weighted by Crippen LogP contribution is -2.14. The minimum atomic E-state index is -0.108. The molecule has 6 nitrogen and oxygen atoms in total. The molecule has 1 heterocycles. The molecule has 3 rings (SSSR count). The van der Waals surface area contributed by atoms with E-state index in [1.54, 1.807) is 0 Å². The number of aryl methyl sites for hydroxylation is 1. The molecule has 0 atom stereocenters. The number of anilines is 1. The van der Waals surface area contributed by atoms with Gasteiger partial charge in [0, 0.05) is 11.6 Å². The average molecular weight is 382 g/mol. The zero-order valence-electron chi connectivity index (χ0n) is 15.5. The first-order valence-corrected chi connectivity index (χ1v) is 9.67. The number of thioether (sulfide) groups is 1. The number of H-pyrrole nitrogens is 1. The normalized spacial score (nSPS) is 10.8. The molecule has 1 amide bonds. The maximum absolute atomic E-state index is 12.1. The molecule has 0 aliphatic carbocycles. The molecule has 0 bridgehead atoms. The van der Waals surface area contributed by atoms with Crippen molar-refractivity contribution in [1.82, 2.24) is 15.2 Å². The van der Waals surface area contributed by atoms with Crippen LogP contribution in [0.15, 0.2) is 53.7 Å². The van der Waals surface area contributed by atoms with Crippen LogP contribution in [0.2, 0.25) is 0 Å². The van der Waals surface area contributed by atoms with Gasteiger partial charge in [0.15, 0.2) is 0 Å². The molecule has 0 unspecified atom stereocenters. The van der Waals surface area contributed by atoms with Crippen LogP contribution in [0.1, 0.15) is 31.2 Å². The number of ether oxygens (including phenoxy) is 1. The van der Waals surface area contributed by atoms with Crippen LogP contribution < -0.4 is 10.1 Å². The van der Waals surface area contributed by atoms with Gasteiger partial charge >= 0.3 is 0 Å². The van der Waals surface area contributed by atoms with Crippen LogP contribution in [-0.4, -0.2) is 26.8 Å². The number of carbonyl (C=O) groups excluding carboxylic acids is 1. The van der Waals surface area contributed by atoms with Crippen molar-refractivity contribution < 1.29 is 9.53 Å². The van der Waals surface area contributed by atoms with Gasteiger partial charge in [0.25, 0.3) is 0 Å². The third-order valence-corrected chi connectivity index (χ3v) is 4.57. The summed E-state index contributed by atoms with van der Waals surface area (Å²) in [7, 11) is 0. The van der Waals surface area contributed by atoms with Gasteiger partial charge in [-0.1, -0.05) is 37.7 Å². The highest BCUT2D eigenvalue weighted by Crippen LogP contribution is 2.24. The molecule has 0 aliphatic heterocycles. The van der Waals surface area contributed by atoms with Crippen LogP contribution >= 0.6 is 11.8 Å². The smallest absolute Gasteiger partial charge is 0.234 e. The molecule has 0 radical (unpaired) electrons. The molecule has 2 N–H and O–H groups in total. The molecule has 0 aliphatic rings. The molecule has 27 heavy (non-hydrogen) atoms. The second-order valence-corrected chi connectivity index (χ2v) is 7.38. The van der Waals surface area contributed by atoms with Crippen molar-refractivity contribution in [2.24, 2.45) is 0 Å². The van der Waals surface area contributed by atoms with Crippen LogP contribution in [0, 0.1) is 6.92 Å². The summed E-state index contributed by atoms with van der Waals surface area (Å²) in [6.07, 6.45) is 0. The van der Waals surface area contributed by atoms with Crippen LogP contribution in [0.4, 0.5) is 5.69 Å². The number of hydrogen-bond acceptors (Lipinski definition) is 5. The zero-order valence-corrected chi connectivity index (χ0v) is 16.3. The number of aromatic amines is 1. The van der Waals surface area contributed by atoms with Crippen LogP contribution in [-0.2, 0) is 4.79 Å². The highest BCUT2D eigenvalue weighted by molar-refractivity contribution is 7.99. The third-order valence-electron chi connectivity index (χ3n) is 3.72. The molecule has 2 aromatic carbocycles. The number of nitrogens with one attached hydrogen (secondary N) is 2. The number of hydrogen-bond donors (Lipinski definition) is 2. The molecular formula is C20H22N4O2S. The summed E-state index contributed by atoms with van der Waals surface area (Å²) in [5, 5.41) is 10.4. The Kier molecular flexibility index (Phi) is 6.13. The largest absolute Gasteiger partial charge is 0.457 e. The number of nitrogens with zero attached hydrogens (tertiary/aromatic N) is 2. The fraction of sp³-hybridized carbons (Fsp3) is 0.250. The molecule has 140 valence electrons. The predicted molar refractivity (Wildman–Crippen MR) is 108 cm³/mol. The van der Waals surface area contributed by atoms with E-state index in [-0.39, 0.29) is 17.6 Å². The second-order valence-electron chi connectivity index (χ2n) is 6.44. The van der Waals surface area contributed by atoms with Gasteiger partial charge in [-0.05, 0) is 48.9 Å². The molecule has 0 saturated heterocycles. The highest BCUT2D eigenvalue weighted by Gasteiger charge is 2.10. The number of carbonyl (C=O) groups is 1. The van der Waals surface area contributed by atoms with E-state index < -0.39 is 0 Å². The summed E-state index contributed by atoms with van der Waals surface area (Å²) < 4.78 is 5.81. The summed E-state index contributed by atoms with van der Waals surface area (Å²) in [5.74, 6) is 2.74.